The number of terminal acetylenes is 2. The largest absolute Gasteiger partial charge is 0.399 e. The molecule has 0 aliphatic carbocycles. The summed E-state index contributed by atoms with van der Waals surface area (Å²) in [5.41, 5.74) is 14.1. The standard InChI is InChI=1S/C25H16N4/c1-3-15-5-7-21-17(9-15)14-23(27-21)18-11-19(13-20(26)12-18)25-28-22-8-6-16(4-2)10-24(22)29-25/h1-2,5-14,27H,26H2,(H,28,29). The van der Waals surface area contributed by atoms with Crippen molar-refractivity contribution in [2.45, 2.75) is 0 Å². The predicted molar refractivity (Wildman–Crippen MR) is 119 cm³/mol. The molecule has 4 heteroatoms. The molecule has 0 spiro atoms. The van der Waals surface area contributed by atoms with Crippen molar-refractivity contribution in [2.75, 3.05) is 5.73 Å². The summed E-state index contributed by atoms with van der Waals surface area (Å²) < 4.78 is 0. The highest BCUT2D eigenvalue weighted by molar-refractivity contribution is 5.89. The van der Waals surface area contributed by atoms with Gasteiger partial charge in [0.2, 0.25) is 0 Å². The highest BCUT2D eigenvalue weighted by Crippen LogP contribution is 2.31. The Morgan fingerprint density at radius 2 is 1.52 bits per heavy atom. The number of aromatic amines is 2. The first-order valence-electron chi connectivity index (χ1n) is 9.10. The molecule has 0 bridgehead atoms. The zero-order valence-corrected chi connectivity index (χ0v) is 15.5. The van der Waals surface area contributed by atoms with Crippen LogP contribution in [0.2, 0.25) is 0 Å². The smallest absolute Gasteiger partial charge is 0.138 e. The van der Waals surface area contributed by atoms with Gasteiger partial charge in [-0.2, -0.15) is 0 Å². The van der Waals surface area contributed by atoms with Gasteiger partial charge in [-0.25, -0.2) is 4.98 Å². The summed E-state index contributed by atoms with van der Waals surface area (Å²) in [6.07, 6.45) is 11.0. The molecule has 0 saturated carbocycles. The predicted octanol–water partition coefficient (Wildman–Crippen LogP) is 4.92. The van der Waals surface area contributed by atoms with Gasteiger partial charge in [0.1, 0.15) is 5.82 Å². The maximum absolute atomic E-state index is 6.21. The molecule has 5 aromatic rings. The molecule has 0 radical (unpaired) electrons. The Bertz CT molecular complexity index is 1380. The number of aromatic nitrogens is 3. The summed E-state index contributed by atoms with van der Waals surface area (Å²) in [7, 11) is 0. The molecule has 0 aliphatic heterocycles. The summed E-state index contributed by atoms with van der Waals surface area (Å²) in [6, 6.07) is 19.6. The number of H-pyrrole nitrogens is 2. The number of anilines is 1. The summed E-state index contributed by atoms with van der Waals surface area (Å²) in [5, 5.41) is 1.06. The van der Waals surface area contributed by atoms with Gasteiger partial charge in [0, 0.05) is 44.5 Å². The maximum atomic E-state index is 6.21. The number of benzene rings is 3. The molecule has 0 atom stereocenters. The number of nitrogens with one attached hydrogen (secondary N) is 2. The number of imidazole rings is 1. The molecule has 4 nitrogen and oxygen atoms in total. The number of nitrogen functional groups attached to an aromatic ring is 1. The number of hydrogen-bond donors (Lipinski definition) is 3. The second-order valence-electron chi connectivity index (χ2n) is 6.93. The minimum atomic E-state index is 0.658. The van der Waals surface area contributed by atoms with Crippen LogP contribution in [0.1, 0.15) is 11.1 Å². The first-order valence-corrected chi connectivity index (χ1v) is 9.10. The lowest BCUT2D eigenvalue weighted by atomic mass is 10.1. The second kappa shape index (κ2) is 6.34. The summed E-state index contributed by atoms with van der Waals surface area (Å²) in [6.45, 7) is 0. The Morgan fingerprint density at radius 3 is 2.34 bits per heavy atom. The van der Waals surface area contributed by atoms with E-state index in [0.717, 1.165) is 55.7 Å². The van der Waals surface area contributed by atoms with Gasteiger partial charge in [-0.15, -0.1) is 12.8 Å². The van der Waals surface area contributed by atoms with Gasteiger partial charge in [-0.1, -0.05) is 11.8 Å². The molecule has 0 saturated heterocycles. The SMILES string of the molecule is C#Cc1ccc2[nH]c(-c3cc(N)cc(-c4nc5ccc(C#C)cc5[nH]4)c3)cc2c1. The third kappa shape index (κ3) is 2.90. The van der Waals surface area contributed by atoms with Crippen molar-refractivity contribution in [3.05, 3.63) is 71.8 Å². The average Bonchev–Trinajstić information content (AvgIpc) is 3.36. The topological polar surface area (TPSA) is 70.5 Å². The second-order valence-corrected chi connectivity index (χ2v) is 6.93. The van der Waals surface area contributed by atoms with Crippen molar-refractivity contribution in [2.24, 2.45) is 0 Å². The van der Waals surface area contributed by atoms with E-state index in [0.29, 0.717) is 5.69 Å². The lowest BCUT2D eigenvalue weighted by Crippen LogP contribution is -1.90. The maximum Gasteiger partial charge on any atom is 0.138 e. The van der Waals surface area contributed by atoms with Gasteiger partial charge in [-0.05, 0) is 60.7 Å². The van der Waals surface area contributed by atoms with Crippen LogP contribution >= 0.6 is 0 Å². The highest BCUT2D eigenvalue weighted by atomic mass is 14.9. The summed E-state index contributed by atoms with van der Waals surface area (Å²) >= 11 is 0. The Labute approximate surface area is 167 Å². The Hall–Kier alpha value is -4.41. The van der Waals surface area contributed by atoms with Gasteiger partial charge in [-0.3, -0.25) is 0 Å². The molecular formula is C25H16N4. The molecule has 136 valence electrons. The quantitative estimate of drug-likeness (QED) is 0.304. The zero-order valence-electron chi connectivity index (χ0n) is 15.5. The van der Waals surface area contributed by atoms with Crippen molar-refractivity contribution in [3.63, 3.8) is 0 Å². The molecular weight excluding hydrogens is 356 g/mol. The lowest BCUT2D eigenvalue weighted by molar-refractivity contribution is 1.33. The van der Waals surface area contributed by atoms with Crippen LogP contribution in [0, 0.1) is 24.7 Å². The average molecular weight is 372 g/mol. The van der Waals surface area contributed by atoms with Crippen molar-refractivity contribution in [3.8, 4) is 47.3 Å². The molecule has 0 aliphatic rings. The van der Waals surface area contributed by atoms with Crippen molar-refractivity contribution >= 4 is 27.6 Å². The lowest BCUT2D eigenvalue weighted by Gasteiger charge is -2.04. The number of nitrogens with zero attached hydrogens (tertiary/aromatic N) is 1. The zero-order chi connectivity index (χ0) is 20.0. The molecule has 0 unspecified atom stereocenters. The number of nitrogens with two attached hydrogens (primary N) is 1. The van der Waals surface area contributed by atoms with E-state index in [-0.39, 0.29) is 0 Å². The molecule has 5 rings (SSSR count). The number of hydrogen-bond acceptors (Lipinski definition) is 2. The fourth-order valence-corrected chi connectivity index (χ4v) is 3.56. The van der Waals surface area contributed by atoms with Crippen LogP contribution in [0.4, 0.5) is 5.69 Å². The minimum Gasteiger partial charge on any atom is -0.399 e. The van der Waals surface area contributed by atoms with Crippen LogP contribution in [-0.2, 0) is 0 Å². The van der Waals surface area contributed by atoms with Crippen LogP contribution in [-0.4, -0.2) is 15.0 Å². The fourth-order valence-electron chi connectivity index (χ4n) is 3.56. The van der Waals surface area contributed by atoms with Crippen molar-refractivity contribution in [1.29, 1.82) is 0 Å². The van der Waals surface area contributed by atoms with Crippen LogP contribution < -0.4 is 5.73 Å². The van der Waals surface area contributed by atoms with Gasteiger partial charge in [0.25, 0.3) is 0 Å². The third-order valence-corrected chi connectivity index (χ3v) is 4.98. The van der Waals surface area contributed by atoms with Crippen molar-refractivity contribution < 1.29 is 0 Å². The van der Waals surface area contributed by atoms with E-state index in [4.69, 9.17) is 18.6 Å². The molecule has 0 fully saturated rings. The van der Waals surface area contributed by atoms with E-state index < -0.39 is 0 Å². The van der Waals surface area contributed by atoms with E-state index in [9.17, 15) is 0 Å². The Kier molecular flexibility index (Phi) is 3.66. The normalized spacial score (nSPS) is 10.8. The molecule has 29 heavy (non-hydrogen) atoms. The minimum absolute atomic E-state index is 0.658. The first kappa shape index (κ1) is 16.7. The van der Waals surface area contributed by atoms with Gasteiger partial charge >= 0.3 is 0 Å². The van der Waals surface area contributed by atoms with Gasteiger partial charge in [0.15, 0.2) is 0 Å². The molecule has 2 heterocycles. The number of fused-ring (bicyclic) bond motifs is 2. The highest BCUT2D eigenvalue weighted by Gasteiger charge is 2.11. The number of rotatable bonds is 2. The first-order chi connectivity index (χ1) is 14.1. The van der Waals surface area contributed by atoms with Crippen LogP contribution in [0.15, 0.2) is 60.7 Å². The fraction of sp³-hybridized carbons (Fsp3) is 0. The third-order valence-electron chi connectivity index (χ3n) is 4.98. The molecule has 3 aromatic carbocycles. The van der Waals surface area contributed by atoms with Crippen LogP contribution in [0.5, 0.6) is 0 Å². The van der Waals surface area contributed by atoms with Crippen molar-refractivity contribution in [1.82, 2.24) is 15.0 Å². The molecule has 0 amide bonds. The van der Waals surface area contributed by atoms with E-state index >= 15 is 0 Å². The monoisotopic (exact) mass is 372 g/mol. The van der Waals surface area contributed by atoms with E-state index in [2.05, 4.69) is 38.9 Å². The Balaban J connectivity index is 1.62. The summed E-state index contributed by atoms with van der Waals surface area (Å²) in [4.78, 5) is 11.5. The molecule has 4 N–H and O–H groups in total. The van der Waals surface area contributed by atoms with E-state index in [1.54, 1.807) is 0 Å². The van der Waals surface area contributed by atoms with E-state index in [1.807, 2.05) is 48.5 Å². The molecule has 2 aromatic heterocycles. The van der Waals surface area contributed by atoms with Crippen LogP contribution in [0.3, 0.4) is 0 Å². The Morgan fingerprint density at radius 1 is 0.759 bits per heavy atom. The van der Waals surface area contributed by atoms with Gasteiger partial charge in [0.05, 0.1) is 11.0 Å². The van der Waals surface area contributed by atoms with Crippen LogP contribution in [0.25, 0.3) is 44.6 Å². The van der Waals surface area contributed by atoms with Gasteiger partial charge < -0.3 is 15.7 Å². The summed E-state index contributed by atoms with van der Waals surface area (Å²) in [5.74, 6) is 6.06. The van der Waals surface area contributed by atoms with E-state index in [1.165, 1.54) is 0 Å².